The van der Waals surface area contributed by atoms with Gasteiger partial charge < -0.3 is 66.9 Å². The summed E-state index contributed by atoms with van der Waals surface area (Å²) in [5, 5.41) is 22.8. The van der Waals surface area contributed by atoms with Crippen molar-refractivity contribution in [2.45, 2.75) is 141 Å². The smallest absolute Gasteiger partial charge is 0.326 e. The molecule has 10 N–H and O–H groups in total. The lowest BCUT2D eigenvalue weighted by Gasteiger charge is -2.14. The molecule has 0 aliphatic rings. The summed E-state index contributed by atoms with van der Waals surface area (Å²) in [6.45, 7) is 4.46. The molecule has 0 saturated carbocycles. The summed E-state index contributed by atoms with van der Waals surface area (Å²) in [5.41, 5.74) is 10.9. The second kappa shape index (κ2) is 40.4. The Labute approximate surface area is 363 Å². The van der Waals surface area contributed by atoms with Gasteiger partial charge in [0.15, 0.2) is 7.85 Å². The molecule has 0 rings (SSSR count). The molecule has 3 atom stereocenters. The van der Waals surface area contributed by atoms with Gasteiger partial charge >= 0.3 is 5.97 Å². The van der Waals surface area contributed by atoms with Crippen LogP contribution in [0.2, 0.25) is 0 Å². The number of unbranched alkanes of at least 4 members (excludes halogenated alkanes) is 10. The third-order valence-corrected chi connectivity index (χ3v) is 9.36. The normalized spacial score (nSPS) is 12.5. The van der Waals surface area contributed by atoms with Crippen molar-refractivity contribution in [3.05, 3.63) is 0 Å². The highest BCUT2D eigenvalue weighted by molar-refractivity contribution is 6.59. The molecule has 0 fully saturated rings. The zero-order valence-corrected chi connectivity index (χ0v) is 36.6. The Hall–Kier alpha value is -3.69. The minimum Gasteiger partial charge on any atom is -0.480 e. The highest BCUT2D eigenvalue weighted by atomic mass is 16.5. The second-order valence-electron chi connectivity index (χ2n) is 14.9. The van der Waals surface area contributed by atoms with Crippen molar-refractivity contribution in [2.75, 3.05) is 79.0 Å². The Morgan fingerprint density at radius 1 is 0.508 bits per heavy atom. The molecule has 0 aliphatic heterocycles. The monoisotopic (exact) mass is 870 g/mol. The number of carboxylic acids is 1. The van der Waals surface area contributed by atoms with E-state index >= 15 is 0 Å². The molecule has 5 amide bonds. The Morgan fingerprint density at radius 2 is 0.984 bits per heavy atom. The molecule has 2 radical (unpaired) electrons. The molecule has 0 spiro atoms. The Bertz CT molecular complexity index is 1220. The van der Waals surface area contributed by atoms with Crippen LogP contribution in [0.15, 0.2) is 0 Å². The zero-order chi connectivity index (χ0) is 45.4. The van der Waals surface area contributed by atoms with Gasteiger partial charge in [0, 0.05) is 39.0 Å². The van der Waals surface area contributed by atoms with E-state index in [9.17, 15) is 38.7 Å². The maximum Gasteiger partial charge on any atom is 0.326 e. The lowest BCUT2D eigenvalue weighted by atomic mass is 9.92. The number of nitrogens with two attached hydrogens (primary N) is 2. The molecule has 350 valence electrons. The number of carbonyl (C=O) groups excluding carboxylic acids is 6. The summed E-state index contributed by atoms with van der Waals surface area (Å²) in [5.74, 6) is -2.70. The van der Waals surface area contributed by atoms with Gasteiger partial charge in [-0.2, -0.15) is 0 Å². The molecule has 0 bridgehead atoms. The van der Waals surface area contributed by atoms with Crippen molar-refractivity contribution in [1.29, 1.82) is 0 Å². The van der Waals surface area contributed by atoms with E-state index in [1.54, 1.807) is 0 Å². The van der Waals surface area contributed by atoms with E-state index in [0.717, 1.165) is 19.3 Å². The quantitative estimate of drug-likeness (QED) is 0.0306. The zero-order valence-electron chi connectivity index (χ0n) is 36.6. The highest BCUT2D eigenvalue weighted by Crippen LogP contribution is 2.11. The molecule has 0 aliphatic carbocycles. The van der Waals surface area contributed by atoms with Crippen molar-refractivity contribution < 1.29 is 57.6 Å². The van der Waals surface area contributed by atoms with Gasteiger partial charge in [0.05, 0.1) is 57.4 Å². The van der Waals surface area contributed by atoms with Crippen LogP contribution in [0.1, 0.15) is 122 Å². The fourth-order valence-corrected chi connectivity index (χ4v) is 5.70. The Balaban J connectivity index is 3.66. The minimum absolute atomic E-state index is 0.0171. The maximum absolute atomic E-state index is 12.2. The summed E-state index contributed by atoms with van der Waals surface area (Å²) in [4.78, 5) is 82.8. The van der Waals surface area contributed by atoms with Crippen LogP contribution in [-0.2, 0) is 52.5 Å². The highest BCUT2D eigenvalue weighted by Gasteiger charge is 2.21. The lowest BCUT2D eigenvalue weighted by Crippen LogP contribution is -2.41. The Morgan fingerprint density at radius 3 is 1.52 bits per heavy atom. The number of amides is 5. The number of ether oxygens (including phenoxy) is 4. The van der Waals surface area contributed by atoms with E-state index < -0.39 is 29.8 Å². The molecule has 0 heterocycles. The number of hydrogen-bond donors (Lipinski definition) is 8. The van der Waals surface area contributed by atoms with Crippen LogP contribution in [0.3, 0.4) is 0 Å². The fourth-order valence-electron chi connectivity index (χ4n) is 5.70. The fraction of sp³-hybridized carbons (Fsp3) is 0.829. The largest absolute Gasteiger partial charge is 0.480 e. The predicted octanol–water partition coefficient (Wildman–Crippen LogP) is 0.478. The standard InChI is InChI=1S/C41H76BN7O12/c1-2-3-4-5-6-7-8-9-10-17-36(51)49-34(41(56)57)18-19-35(50)46-22-24-58-26-29-61-31-38(53)47-23-25-59-27-28-60-30-37(52)45-20-13-12-16-33(44)40(55)48-21-14-11-15-32(43)39(42)54/h32-34H,2-31,43-44H2,1H3,(H,45,52)(H,46,50)(H,47,53)(H,48,55)(H,49,51)(H,56,57)/t32-,33-,34-/m0/s1. The SMILES string of the molecule is [B]C(=O)[C@@H](N)CCCCNC(=O)[C@@H](N)CCCCNC(=O)COCCOCCNC(=O)COCCOCCNC(=O)CC[C@H](NC(=O)CCCCCCCCCCC)C(=O)O. The van der Waals surface area contributed by atoms with Gasteiger partial charge in [-0.05, 0) is 51.4 Å². The van der Waals surface area contributed by atoms with Crippen LogP contribution in [0.25, 0.3) is 0 Å². The summed E-state index contributed by atoms with van der Waals surface area (Å²) < 4.78 is 21.3. The second-order valence-corrected chi connectivity index (χ2v) is 14.9. The van der Waals surface area contributed by atoms with Gasteiger partial charge in [-0.1, -0.05) is 58.3 Å². The van der Waals surface area contributed by atoms with Crippen LogP contribution < -0.4 is 38.1 Å². The molecule has 0 aromatic rings. The van der Waals surface area contributed by atoms with Crippen LogP contribution in [0.5, 0.6) is 0 Å². The van der Waals surface area contributed by atoms with Crippen molar-refractivity contribution in [3.8, 4) is 0 Å². The van der Waals surface area contributed by atoms with Gasteiger partial charge in [-0.15, -0.1) is 0 Å². The summed E-state index contributed by atoms with van der Waals surface area (Å²) in [7, 11) is 5.11. The van der Waals surface area contributed by atoms with Crippen molar-refractivity contribution in [3.63, 3.8) is 0 Å². The third-order valence-electron chi connectivity index (χ3n) is 9.36. The average Bonchev–Trinajstić information content (AvgIpc) is 3.22. The molecule has 61 heavy (non-hydrogen) atoms. The van der Waals surface area contributed by atoms with Crippen molar-refractivity contribution in [2.24, 2.45) is 11.5 Å². The summed E-state index contributed by atoms with van der Waals surface area (Å²) in [6, 6.07) is -2.45. The van der Waals surface area contributed by atoms with E-state index in [1.807, 2.05) is 0 Å². The van der Waals surface area contributed by atoms with Gasteiger partial charge in [-0.3, -0.25) is 24.0 Å². The van der Waals surface area contributed by atoms with Crippen molar-refractivity contribution in [1.82, 2.24) is 26.6 Å². The van der Waals surface area contributed by atoms with Gasteiger partial charge in [0.1, 0.15) is 19.3 Å². The van der Waals surface area contributed by atoms with E-state index in [4.69, 9.17) is 38.3 Å². The van der Waals surface area contributed by atoms with Crippen LogP contribution in [-0.4, -0.2) is 151 Å². The topological polar surface area (TPSA) is 289 Å². The number of carbonyl (C=O) groups is 7. The van der Waals surface area contributed by atoms with Gasteiger partial charge in [0.25, 0.3) is 0 Å². The lowest BCUT2D eigenvalue weighted by molar-refractivity contribution is -0.142. The number of hydrogen-bond acceptors (Lipinski definition) is 13. The van der Waals surface area contributed by atoms with E-state index in [1.165, 1.54) is 32.1 Å². The molecule has 19 nitrogen and oxygen atoms in total. The van der Waals surface area contributed by atoms with Gasteiger partial charge in [0.2, 0.25) is 29.5 Å². The molecular formula is C41H76BN7O12. The Kier molecular flexibility index (Phi) is 38.0. The van der Waals surface area contributed by atoms with E-state index in [2.05, 4.69) is 33.5 Å². The molecule has 0 aromatic heterocycles. The van der Waals surface area contributed by atoms with Crippen LogP contribution in [0, 0.1) is 0 Å². The van der Waals surface area contributed by atoms with Crippen LogP contribution in [0.4, 0.5) is 0 Å². The first-order valence-corrected chi connectivity index (χ1v) is 22.1. The molecular weight excluding hydrogens is 793 g/mol. The number of carboxylic acid groups (broad SMARTS) is 1. The summed E-state index contributed by atoms with van der Waals surface area (Å²) in [6.07, 6.45) is 13.8. The summed E-state index contributed by atoms with van der Waals surface area (Å²) >= 11 is 0. The van der Waals surface area contributed by atoms with E-state index in [-0.39, 0.29) is 115 Å². The van der Waals surface area contributed by atoms with Crippen LogP contribution >= 0.6 is 0 Å². The molecule has 0 saturated heterocycles. The van der Waals surface area contributed by atoms with Crippen molar-refractivity contribution >= 4 is 49.0 Å². The third kappa shape index (κ3) is 37.8. The average molecular weight is 870 g/mol. The first-order valence-electron chi connectivity index (χ1n) is 22.1. The number of rotatable bonds is 43. The first-order chi connectivity index (χ1) is 29.4. The number of nitrogens with one attached hydrogen (secondary N) is 5. The molecule has 0 aromatic carbocycles. The molecule has 0 unspecified atom stereocenters. The minimum atomic E-state index is -1.18. The number of aliphatic carboxylic acids is 1. The van der Waals surface area contributed by atoms with E-state index in [0.29, 0.717) is 58.0 Å². The first kappa shape index (κ1) is 57.3. The van der Waals surface area contributed by atoms with Gasteiger partial charge in [-0.25, -0.2) is 4.79 Å². The molecule has 20 heteroatoms. The predicted molar refractivity (Wildman–Crippen MR) is 230 cm³/mol. The maximum atomic E-state index is 12.2.